The second-order valence-electron chi connectivity index (χ2n) is 4.33. The lowest BCUT2D eigenvalue weighted by molar-refractivity contribution is -0.384. The number of hydrogen-bond donors (Lipinski definition) is 0. The van der Waals surface area contributed by atoms with Crippen molar-refractivity contribution in [3.8, 4) is 5.75 Å². The zero-order valence-electron chi connectivity index (χ0n) is 11.8. The highest BCUT2D eigenvalue weighted by Crippen LogP contribution is 2.25. The maximum Gasteiger partial charge on any atom is 0.269 e. The number of halogens is 1. The number of nitrogens with zero attached hydrogens (tertiary/aromatic N) is 2. The zero-order chi connectivity index (χ0) is 14.5. The van der Waals surface area contributed by atoms with Gasteiger partial charge in [-0.2, -0.15) is 0 Å². The van der Waals surface area contributed by atoms with E-state index in [1.54, 1.807) is 30.5 Å². The Balaban J connectivity index is 0.00000220. The third-order valence-corrected chi connectivity index (χ3v) is 2.99. The van der Waals surface area contributed by atoms with E-state index in [0.29, 0.717) is 5.75 Å². The Labute approximate surface area is 128 Å². The molecule has 21 heavy (non-hydrogen) atoms. The first kappa shape index (κ1) is 17.0. The van der Waals surface area contributed by atoms with Crippen LogP contribution < -0.4 is 4.84 Å². The average Bonchev–Trinajstić information content (AvgIpc) is 2.94. The minimum atomic E-state index is -0.439. The molecular formula is C14H17ClN2O4. The normalized spacial score (nSPS) is 11.8. The van der Waals surface area contributed by atoms with Gasteiger partial charge in [0.15, 0.2) is 0 Å². The summed E-state index contributed by atoms with van der Waals surface area (Å²) in [7, 11) is 1.80. The molecule has 1 atom stereocenters. The molecule has 0 N–H and O–H groups in total. The van der Waals surface area contributed by atoms with Gasteiger partial charge in [0.1, 0.15) is 17.6 Å². The van der Waals surface area contributed by atoms with Crippen molar-refractivity contribution in [3.63, 3.8) is 0 Å². The predicted octanol–water partition coefficient (Wildman–Crippen LogP) is 3.99. The van der Waals surface area contributed by atoms with Crippen molar-refractivity contribution < 1.29 is 14.2 Å². The van der Waals surface area contributed by atoms with Crippen LogP contribution in [0.2, 0.25) is 0 Å². The van der Waals surface area contributed by atoms with Crippen molar-refractivity contribution in [1.29, 1.82) is 0 Å². The van der Waals surface area contributed by atoms with Crippen LogP contribution in [0, 0.1) is 10.1 Å². The molecule has 0 bridgehead atoms. The second-order valence-corrected chi connectivity index (χ2v) is 4.33. The van der Waals surface area contributed by atoms with E-state index in [-0.39, 0.29) is 24.1 Å². The number of furan rings is 1. The molecule has 7 heteroatoms. The first-order chi connectivity index (χ1) is 9.61. The van der Waals surface area contributed by atoms with Gasteiger partial charge in [0.2, 0.25) is 0 Å². The monoisotopic (exact) mass is 312 g/mol. The summed E-state index contributed by atoms with van der Waals surface area (Å²) in [5.74, 6) is 1.36. The molecule has 0 fully saturated rings. The lowest BCUT2D eigenvalue weighted by atomic mass is 10.2. The molecule has 1 aromatic carbocycles. The van der Waals surface area contributed by atoms with Crippen LogP contribution in [0.25, 0.3) is 0 Å². The quantitative estimate of drug-likeness (QED) is 0.596. The second kappa shape index (κ2) is 7.66. The summed E-state index contributed by atoms with van der Waals surface area (Å²) in [4.78, 5) is 15.8. The van der Waals surface area contributed by atoms with Crippen molar-refractivity contribution in [1.82, 2.24) is 5.06 Å². The smallest absolute Gasteiger partial charge is 0.269 e. The van der Waals surface area contributed by atoms with Crippen LogP contribution in [-0.2, 0) is 0 Å². The minimum absolute atomic E-state index is 0. The van der Waals surface area contributed by atoms with Crippen LogP contribution in [0.5, 0.6) is 5.75 Å². The molecule has 0 aliphatic carbocycles. The molecule has 6 nitrogen and oxygen atoms in total. The maximum absolute atomic E-state index is 10.6. The fourth-order valence-electron chi connectivity index (χ4n) is 1.98. The van der Waals surface area contributed by atoms with Crippen molar-refractivity contribution in [2.75, 3.05) is 7.05 Å². The molecule has 1 aromatic heterocycles. The summed E-state index contributed by atoms with van der Waals surface area (Å²) in [6, 6.07) is 9.68. The molecule has 0 spiro atoms. The van der Waals surface area contributed by atoms with E-state index in [1.165, 1.54) is 12.1 Å². The largest absolute Gasteiger partial charge is 0.468 e. The van der Waals surface area contributed by atoms with Gasteiger partial charge in [-0.15, -0.1) is 17.5 Å². The summed E-state index contributed by atoms with van der Waals surface area (Å²) in [6.07, 6.45) is 2.44. The maximum atomic E-state index is 10.6. The lowest BCUT2D eigenvalue weighted by Gasteiger charge is -2.25. The van der Waals surface area contributed by atoms with Crippen molar-refractivity contribution in [2.24, 2.45) is 0 Å². The summed E-state index contributed by atoms with van der Waals surface area (Å²) in [6.45, 7) is 2.03. The summed E-state index contributed by atoms with van der Waals surface area (Å²) in [5, 5.41) is 12.3. The van der Waals surface area contributed by atoms with Crippen LogP contribution in [0.4, 0.5) is 5.69 Å². The molecule has 2 aromatic rings. The van der Waals surface area contributed by atoms with Gasteiger partial charge in [-0.3, -0.25) is 10.1 Å². The van der Waals surface area contributed by atoms with Gasteiger partial charge >= 0.3 is 0 Å². The number of hydrogen-bond acceptors (Lipinski definition) is 5. The molecular weight excluding hydrogens is 296 g/mol. The highest BCUT2D eigenvalue weighted by molar-refractivity contribution is 5.85. The van der Waals surface area contributed by atoms with Gasteiger partial charge in [-0.05, 0) is 30.7 Å². The molecule has 1 unspecified atom stereocenters. The Morgan fingerprint density at radius 1 is 1.33 bits per heavy atom. The third-order valence-electron chi connectivity index (χ3n) is 2.99. The van der Waals surface area contributed by atoms with Crippen molar-refractivity contribution in [3.05, 3.63) is 58.5 Å². The van der Waals surface area contributed by atoms with Crippen LogP contribution in [-0.4, -0.2) is 17.0 Å². The fraction of sp³-hybridized carbons (Fsp3) is 0.286. The summed E-state index contributed by atoms with van der Waals surface area (Å²) < 4.78 is 5.38. The number of benzene rings is 1. The summed E-state index contributed by atoms with van der Waals surface area (Å²) >= 11 is 0. The van der Waals surface area contributed by atoms with Gasteiger partial charge < -0.3 is 9.25 Å². The van der Waals surface area contributed by atoms with Gasteiger partial charge in [-0.25, -0.2) is 0 Å². The van der Waals surface area contributed by atoms with Crippen molar-refractivity contribution in [2.45, 2.75) is 19.4 Å². The molecule has 0 amide bonds. The Kier molecular flexibility index (Phi) is 6.20. The molecule has 0 saturated carbocycles. The molecule has 0 saturated heterocycles. The van der Waals surface area contributed by atoms with Crippen LogP contribution in [0.1, 0.15) is 25.1 Å². The van der Waals surface area contributed by atoms with Gasteiger partial charge in [0, 0.05) is 19.2 Å². The Bertz CT molecular complexity index is 557. The number of rotatable bonds is 6. The predicted molar refractivity (Wildman–Crippen MR) is 80.5 cm³/mol. The van der Waals surface area contributed by atoms with Crippen LogP contribution in [0.15, 0.2) is 47.1 Å². The molecule has 114 valence electrons. The Morgan fingerprint density at radius 2 is 2.00 bits per heavy atom. The standard InChI is InChI=1S/C14H16N2O4.ClH/c1-3-13(14-5-4-10-19-14)15(2)20-12-8-6-11(7-9-12)16(17)18;/h4-10,13H,3H2,1-2H3;1H. The van der Waals surface area contributed by atoms with Gasteiger partial charge in [0.05, 0.1) is 11.2 Å². The number of nitro benzene ring substituents is 1. The first-order valence-corrected chi connectivity index (χ1v) is 6.30. The van der Waals surface area contributed by atoms with E-state index >= 15 is 0 Å². The van der Waals surface area contributed by atoms with E-state index in [4.69, 9.17) is 9.25 Å². The van der Waals surface area contributed by atoms with E-state index < -0.39 is 4.92 Å². The molecule has 2 rings (SSSR count). The van der Waals surface area contributed by atoms with Gasteiger partial charge in [-0.1, -0.05) is 6.92 Å². The average molecular weight is 313 g/mol. The fourth-order valence-corrected chi connectivity index (χ4v) is 1.98. The SMILES string of the molecule is CCC(c1ccco1)N(C)Oc1ccc([N+](=O)[O-])cc1.Cl. The molecule has 0 aliphatic heterocycles. The molecule has 0 aliphatic rings. The number of hydroxylamine groups is 2. The van der Waals surface area contributed by atoms with Crippen LogP contribution >= 0.6 is 12.4 Å². The highest BCUT2D eigenvalue weighted by atomic mass is 35.5. The van der Waals surface area contributed by atoms with E-state index in [1.807, 2.05) is 19.1 Å². The Morgan fingerprint density at radius 3 is 2.48 bits per heavy atom. The van der Waals surface area contributed by atoms with E-state index in [2.05, 4.69) is 0 Å². The lowest BCUT2D eigenvalue weighted by Crippen LogP contribution is -2.27. The highest BCUT2D eigenvalue weighted by Gasteiger charge is 2.19. The topological polar surface area (TPSA) is 68.8 Å². The third kappa shape index (κ3) is 4.21. The van der Waals surface area contributed by atoms with E-state index in [9.17, 15) is 10.1 Å². The Hall–Kier alpha value is -2.05. The molecule has 0 radical (unpaired) electrons. The number of nitro groups is 1. The first-order valence-electron chi connectivity index (χ1n) is 6.30. The minimum Gasteiger partial charge on any atom is -0.468 e. The zero-order valence-corrected chi connectivity index (χ0v) is 12.6. The van der Waals surface area contributed by atoms with E-state index in [0.717, 1.165) is 12.2 Å². The van der Waals surface area contributed by atoms with Crippen LogP contribution in [0.3, 0.4) is 0 Å². The summed E-state index contributed by atoms with van der Waals surface area (Å²) in [5.41, 5.74) is 0.0399. The molecule has 1 heterocycles. The number of non-ortho nitro benzene ring substituents is 1. The van der Waals surface area contributed by atoms with Gasteiger partial charge in [0.25, 0.3) is 5.69 Å². The van der Waals surface area contributed by atoms with Crippen molar-refractivity contribution >= 4 is 18.1 Å².